The molecule has 1 aromatic rings. The molecule has 0 aliphatic heterocycles. The molecule has 1 aromatic carbocycles. The molecule has 0 bridgehead atoms. The molecule has 4 saturated carbocycles. The van der Waals surface area contributed by atoms with Crippen LogP contribution >= 0.6 is 0 Å². The van der Waals surface area contributed by atoms with Gasteiger partial charge in [0, 0.05) is 0 Å². The molecular weight excluding hydrogens is 381 g/mol. The Bertz CT molecular complexity index is 725. The number of halogens is 3. The van der Waals surface area contributed by atoms with Crippen LogP contribution in [0.5, 0.6) is 0 Å². The van der Waals surface area contributed by atoms with E-state index in [1.165, 1.54) is 50.5 Å². The molecular formula is C27H37F3. The molecule has 0 saturated heterocycles. The topological polar surface area (TPSA) is 0 Å². The van der Waals surface area contributed by atoms with Crippen molar-refractivity contribution in [2.45, 2.75) is 83.7 Å². The number of rotatable bonds is 3. The highest BCUT2D eigenvalue weighted by Gasteiger charge is 2.57. The lowest BCUT2D eigenvalue weighted by Crippen LogP contribution is -2.49. The maximum absolute atomic E-state index is 13.3. The van der Waals surface area contributed by atoms with Crippen LogP contribution in [0.15, 0.2) is 30.3 Å². The Morgan fingerprint density at radius 3 is 2.40 bits per heavy atom. The SMILES string of the molecule is CC12CCC3C(CC[C@@H]4C[C@@H](C(F)(F)F)CC[C@H]34)C1CCC2CCc1ccccc1. The Morgan fingerprint density at radius 1 is 0.867 bits per heavy atom. The van der Waals surface area contributed by atoms with Crippen molar-refractivity contribution in [3.63, 3.8) is 0 Å². The van der Waals surface area contributed by atoms with Crippen LogP contribution in [0, 0.1) is 46.8 Å². The average Bonchev–Trinajstić information content (AvgIpc) is 3.08. The summed E-state index contributed by atoms with van der Waals surface area (Å²) in [6.45, 7) is 2.57. The Kier molecular flexibility index (Phi) is 5.47. The predicted molar refractivity (Wildman–Crippen MR) is 115 cm³/mol. The van der Waals surface area contributed by atoms with Crippen molar-refractivity contribution in [1.29, 1.82) is 0 Å². The molecule has 0 spiro atoms. The van der Waals surface area contributed by atoms with Crippen molar-refractivity contribution >= 4 is 0 Å². The van der Waals surface area contributed by atoms with Crippen LogP contribution < -0.4 is 0 Å². The van der Waals surface area contributed by atoms with E-state index in [0.29, 0.717) is 36.0 Å². The third-order valence-corrected chi connectivity index (χ3v) is 10.2. The highest BCUT2D eigenvalue weighted by atomic mass is 19.4. The van der Waals surface area contributed by atoms with Crippen molar-refractivity contribution in [1.82, 2.24) is 0 Å². The van der Waals surface area contributed by atoms with E-state index in [0.717, 1.165) is 30.6 Å². The van der Waals surface area contributed by atoms with Crippen molar-refractivity contribution in [3.05, 3.63) is 35.9 Å². The lowest BCUT2D eigenvalue weighted by atomic mass is 9.49. The van der Waals surface area contributed by atoms with Gasteiger partial charge in [0.05, 0.1) is 5.92 Å². The second-order valence-corrected chi connectivity index (χ2v) is 11.3. The molecule has 8 atom stereocenters. The normalized spacial score (nSPS) is 43.5. The Labute approximate surface area is 180 Å². The first-order valence-corrected chi connectivity index (χ1v) is 12.5. The summed E-state index contributed by atoms with van der Waals surface area (Å²) in [6.07, 6.45) is 7.69. The van der Waals surface area contributed by atoms with Crippen molar-refractivity contribution in [2.75, 3.05) is 0 Å². The highest BCUT2D eigenvalue weighted by molar-refractivity contribution is 5.15. The van der Waals surface area contributed by atoms with Gasteiger partial charge in [-0.15, -0.1) is 0 Å². The van der Waals surface area contributed by atoms with Gasteiger partial charge in [-0.25, -0.2) is 0 Å². The van der Waals surface area contributed by atoms with Crippen molar-refractivity contribution < 1.29 is 13.2 Å². The molecule has 0 nitrogen and oxygen atoms in total. The van der Waals surface area contributed by atoms with Crippen LogP contribution in [-0.2, 0) is 6.42 Å². The zero-order chi connectivity index (χ0) is 20.9. The van der Waals surface area contributed by atoms with Crippen molar-refractivity contribution in [3.8, 4) is 0 Å². The van der Waals surface area contributed by atoms with Gasteiger partial charge in [-0.3, -0.25) is 0 Å². The van der Waals surface area contributed by atoms with Crippen molar-refractivity contribution in [2.24, 2.45) is 46.8 Å². The molecule has 4 aliphatic rings. The molecule has 4 aliphatic carbocycles. The fourth-order valence-electron chi connectivity index (χ4n) is 8.72. The lowest BCUT2D eigenvalue weighted by Gasteiger charge is -2.56. The molecule has 3 heteroatoms. The fraction of sp³-hybridized carbons (Fsp3) is 0.778. The summed E-state index contributed by atoms with van der Waals surface area (Å²) < 4.78 is 39.9. The predicted octanol–water partition coefficient (Wildman–Crippen LogP) is 8.07. The summed E-state index contributed by atoms with van der Waals surface area (Å²) in [4.78, 5) is 0. The molecule has 4 fully saturated rings. The monoisotopic (exact) mass is 418 g/mol. The van der Waals surface area contributed by atoms with Gasteiger partial charge in [0.15, 0.2) is 0 Å². The Balaban J connectivity index is 1.25. The van der Waals surface area contributed by atoms with Gasteiger partial charge in [-0.1, -0.05) is 37.3 Å². The van der Waals surface area contributed by atoms with E-state index in [4.69, 9.17) is 0 Å². The first-order valence-electron chi connectivity index (χ1n) is 12.5. The summed E-state index contributed by atoms with van der Waals surface area (Å²) in [5.74, 6) is 3.03. The zero-order valence-electron chi connectivity index (χ0n) is 18.3. The first-order chi connectivity index (χ1) is 14.4. The molecule has 0 amide bonds. The minimum Gasteiger partial charge on any atom is -0.171 e. The second kappa shape index (κ2) is 7.85. The number of aryl methyl sites for hydroxylation is 1. The van der Waals surface area contributed by atoms with Crippen LogP contribution in [0.3, 0.4) is 0 Å². The minimum atomic E-state index is -3.98. The smallest absolute Gasteiger partial charge is 0.171 e. The zero-order valence-corrected chi connectivity index (χ0v) is 18.3. The van der Waals surface area contributed by atoms with Crippen LogP contribution in [0.4, 0.5) is 13.2 Å². The van der Waals surface area contributed by atoms with Gasteiger partial charge in [0.1, 0.15) is 0 Å². The number of hydrogen-bond acceptors (Lipinski definition) is 0. The summed E-state index contributed by atoms with van der Waals surface area (Å²) in [5, 5.41) is 0. The molecule has 30 heavy (non-hydrogen) atoms. The summed E-state index contributed by atoms with van der Waals surface area (Å²) >= 11 is 0. The molecule has 0 heterocycles. The van der Waals surface area contributed by atoms with Gasteiger partial charge in [0.25, 0.3) is 0 Å². The second-order valence-electron chi connectivity index (χ2n) is 11.3. The lowest BCUT2D eigenvalue weighted by molar-refractivity contribution is -0.196. The number of fused-ring (bicyclic) bond motifs is 5. The van der Waals surface area contributed by atoms with E-state index >= 15 is 0 Å². The molecule has 5 unspecified atom stereocenters. The first kappa shape index (κ1) is 20.9. The highest BCUT2D eigenvalue weighted by Crippen LogP contribution is 2.65. The standard InChI is InChI=1S/C27H37F3/c1-26-16-15-23-22-13-10-21(27(28,29)30)17-19(22)8-12-24(23)25(26)14-11-20(26)9-7-18-5-3-2-4-6-18/h2-6,19-25H,7-17H2,1H3/t19-,20?,21+,22+,23?,24?,25?,26?/m1/s1. The summed E-state index contributed by atoms with van der Waals surface area (Å²) in [5.41, 5.74) is 1.92. The fourth-order valence-corrected chi connectivity index (χ4v) is 8.72. The molecule has 166 valence electrons. The van der Waals surface area contributed by atoms with Gasteiger partial charge >= 0.3 is 6.18 Å². The van der Waals surface area contributed by atoms with Crippen LogP contribution in [0.1, 0.15) is 76.7 Å². The van der Waals surface area contributed by atoms with Gasteiger partial charge in [-0.05, 0) is 117 Å². The minimum absolute atomic E-state index is 0.339. The number of benzene rings is 1. The largest absolute Gasteiger partial charge is 0.391 e. The van der Waals surface area contributed by atoms with E-state index in [1.54, 1.807) is 0 Å². The maximum atomic E-state index is 13.3. The molecule has 5 rings (SSSR count). The summed E-state index contributed by atoms with van der Waals surface area (Å²) in [7, 11) is 0. The van der Waals surface area contributed by atoms with Gasteiger partial charge in [-0.2, -0.15) is 13.2 Å². The number of hydrogen-bond donors (Lipinski definition) is 0. The summed E-state index contributed by atoms with van der Waals surface area (Å²) in [6, 6.07) is 10.9. The van der Waals surface area contributed by atoms with Crippen LogP contribution in [0.25, 0.3) is 0 Å². The van der Waals surface area contributed by atoms with E-state index in [9.17, 15) is 13.2 Å². The molecule has 0 N–H and O–H groups in total. The van der Waals surface area contributed by atoms with E-state index in [2.05, 4.69) is 37.3 Å². The van der Waals surface area contributed by atoms with E-state index in [-0.39, 0.29) is 0 Å². The molecule has 0 aromatic heterocycles. The van der Waals surface area contributed by atoms with E-state index < -0.39 is 12.1 Å². The maximum Gasteiger partial charge on any atom is 0.391 e. The third-order valence-electron chi connectivity index (χ3n) is 10.2. The third kappa shape index (κ3) is 3.62. The quantitative estimate of drug-likeness (QED) is 0.465. The van der Waals surface area contributed by atoms with Gasteiger partial charge in [0.2, 0.25) is 0 Å². The van der Waals surface area contributed by atoms with E-state index in [1.807, 2.05) is 0 Å². The molecule has 0 radical (unpaired) electrons. The number of alkyl halides is 3. The Morgan fingerprint density at radius 2 is 1.63 bits per heavy atom. The van der Waals surface area contributed by atoms with Crippen LogP contribution in [-0.4, -0.2) is 6.18 Å². The Hall–Kier alpha value is -0.990. The van der Waals surface area contributed by atoms with Gasteiger partial charge < -0.3 is 0 Å². The average molecular weight is 419 g/mol. The van der Waals surface area contributed by atoms with Crippen LogP contribution in [0.2, 0.25) is 0 Å².